The molecule has 1 aromatic rings. The first-order chi connectivity index (χ1) is 9.60. The molecule has 0 fully saturated rings. The number of hydrazine groups is 1. The summed E-state index contributed by atoms with van der Waals surface area (Å²) in [6.07, 6.45) is 4.46. The molecule has 0 bridgehead atoms. The van der Waals surface area contributed by atoms with Crippen LogP contribution in [0.5, 0.6) is 0 Å². The van der Waals surface area contributed by atoms with E-state index in [9.17, 15) is 14.4 Å². The summed E-state index contributed by atoms with van der Waals surface area (Å²) in [5, 5.41) is 1.94. The van der Waals surface area contributed by atoms with Crippen molar-refractivity contribution in [2.75, 3.05) is 13.1 Å². The third-order valence-electron chi connectivity index (χ3n) is 2.53. The van der Waals surface area contributed by atoms with Crippen LogP contribution in [-0.4, -0.2) is 41.3 Å². The summed E-state index contributed by atoms with van der Waals surface area (Å²) in [4.78, 5) is 33.8. The molecule has 1 aromatic carbocycles. The Labute approximate surface area is 117 Å². The molecule has 2 N–H and O–H groups in total. The maximum atomic E-state index is 12.0. The molecule has 0 saturated heterocycles. The van der Waals surface area contributed by atoms with E-state index in [2.05, 4.69) is 0 Å². The molecule has 1 radical (unpaired) electrons. The number of carbonyl (C=O) groups excluding carboxylic acids is 3. The molecular weight excluding hydrogens is 258 g/mol. The fourth-order valence-electron chi connectivity index (χ4n) is 1.61. The second-order valence-corrected chi connectivity index (χ2v) is 3.84. The van der Waals surface area contributed by atoms with E-state index in [1.54, 1.807) is 19.3 Å². The van der Waals surface area contributed by atoms with Gasteiger partial charge in [0, 0.05) is 12.6 Å². The van der Waals surface area contributed by atoms with E-state index in [4.69, 9.17) is 5.73 Å². The second kappa shape index (κ2) is 7.73. The lowest BCUT2D eigenvalue weighted by atomic mass is 10.2. The highest BCUT2D eigenvalue weighted by molar-refractivity contribution is 5.93. The van der Waals surface area contributed by atoms with Crippen molar-refractivity contribution in [3.8, 4) is 0 Å². The Balaban J connectivity index is 2.86. The highest BCUT2D eigenvalue weighted by Crippen LogP contribution is 2.04. The fourth-order valence-corrected chi connectivity index (χ4v) is 1.61. The Hall–Kier alpha value is -2.63. The quantitative estimate of drug-likeness (QED) is 0.641. The molecule has 0 aliphatic rings. The van der Waals surface area contributed by atoms with Gasteiger partial charge in [-0.25, -0.2) is 14.8 Å². The normalized spacial score (nSPS) is 10.2. The minimum Gasteiger partial charge on any atom is -0.350 e. The summed E-state index contributed by atoms with van der Waals surface area (Å²) >= 11 is 0. The van der Waals surface area contributed by atoms with E-state index in [1.807, 2.05) is 30.3 Å². The summed E-state index contributed by atoms with van der Waals surface area (Å²) in [5.41, 5.74) is 5.99. The number of amides is 3. The standard InChI is InChI=1S/C14H16N3O3/c1-2-16(14(15)20)17(10-11-18)13(19)9-8-12-6-4-3-5-7-12/h3-9H,2,10H2,1H3,(H2,15,20)/b9-8+. The van der Waals surface area contributed by atoms with Crippen LogP contribution in [0.2, 0.25) is 0 Å². The minimum atomic E-state index is -0.802. The van der Waals surface area contributed by atoms with Crippen LogP contribution in [-0.2, 0) is 9.59 Å². The van der Waals surface area contributed by atoms with Crippen LogP contribution in [0.4, 0.5) is 4.79 Å². The Bertz CT molecular complexity index is 500. The molecule has 0 spiro atoms. The number of nitrogens with two attached hydrogens (primary N) is 1. The van der Waals surface area contributed by atoms with Crippen LogP contribution in [0, 0.1) is 0 Å². The number of urea groups is 1. The van der Waals surface area contributed by atoms with Gasteiger partial charge in [0.1, 0.15) is 6.54 Å². The fraction of sp³-hybridized carbons (Fsp3) is 0.214. The number of hydrogen-bond donors (Lipinski definition) is 1. The molecule has 105 valence electrons. The lowest BCUT2D eigenvalue weighted by Gasteiger charge is -2.30. The Morgan fingerprint density at radius 3 is 2.40 bits per heavy atom. The van der Waals surface area contributed by atoms with Gasteiger partial charge in [0.15, 0.2) is 0 Å². The van der Waals surface area contributed by atoms with Crippen molar-refractivity contribution in [1.82, 2.24) is 10.0 Å². The maximum Gasteiger partial charge on any atom is 0.333 e. The number of nitrogens with zero attached hydrogens (tertiary/aromatic N) is 2. The van der Waals surface area contributed by atoms with E-state index in [1.165, 1.54) is 6.08 Å². The van der Waals surface area contributed by atoms with Crippen LogP contribution in [0.3, 0.4) is 0 Å². The second-order valence-electron chi connectivity index (χ2n) is 3.84. The van der Waals surface area contributed by atoms with Gasteiger partial charge in [-0.15, -0.1) is 0 Å². The molecule has 0 atom stereocenters. The molecule has 0 unspecified atom stereocenters. The van der Waals surface area contributed by atoms with Crippen LogP contribution < -0.4 is 5.73 Å². The first-order valence-corrected chi connectivity index (χ1v) is 6.06. The van der Waals surface area contributed by atoms with Crippen molar-refractivity contribution >= 4 is 24.3 Å². The molecule has 20 heavy (non-hydrogen) atoms. The molecular formula is C14H16N3O3. The van der Waals surface area contributed by atoms with Gasteiger partial charge in [-0.2, -0.15) is 0 Å². The SMILES string of the molecule is CCN(C(N)=O)N(C[C]=O)C(=O)/C=C/c1ccccc1. The minimum absolute atomic E-state index is 0.182. The van der Waals surface area contributed by atoms with E-state index >= 15 is 0 Å². The van der Waals surface area contributed by atoms with E-state index in [0.717, 1.165) is 15.6 Å². The van der Waals surface area contributed by atoms with Crippen molar-refractivity contribution in [2.45, 2.75) is 6.92 Å². The predicted octanol–water partition coefficient (Wildman–Crippen LogP) is 0.954. The highest BCUT2D eigenvalue weighted by atomic mass is 16.2. The molecule has 3 amide bonds. The van der Waals surface area contributed by atoms with Crippen LogP contribution in [0.25, 0.3) is 6.08 Å². The summed E-state index contributed by atoms with van der Waals surface area (Å²) < 4.78 is 0. The van der Waals surface area contributed by atoms with Crippen molar-refractivity contribution in [3.05, 3.63) is 42.0 Å². The number of hydrogen-bond acceptors (Lipinski definition) is 3. The van der Waals surface area contributed by atoms with Crippen molar-refractivity contribution < 1.29 is 14.4 Å². The Morgan fingerprint density at radius 2 is 1.90 bits per heavy atom. The van der Waals surface area contributed by atoms with Gasteiger partial charge in [0.05, 0.1) is 0 Å². The van der Waals surface area contributed by atoms with Gasteiger partial charge in [-0.1, -0.05) is 30.3 Å². The van der Waals surface area contributed by atoms with Crippen molar-refractivity contribution in [2.24, 2.45) is 5.73 Å². The molecule has 0 heterocycles. The van der Waals surface area contributed by atoms with E-state index in [-0.39, 0.29) is 13.1 Å². The van der Waals surface area contributed by atoms with Crippen LogP contribution >= 0.6 is 0 Å². The Morgan fingerprint density at radius 1 is 1.25 bits per heavy atom. The zero-order valence-electron chi connectivity index (χ0n) is 11.2. The molecule has 0 aliphatic carbocycles. The summed E-state index contributed by atoms with van der Waals surface area (Å²) in [6, 6.07) is 8.38. The topological polar surface area (TPSA) is 83.7 Å². The molecule has 6 nitrogen and oxygen atoms in total. The van der Waals surface area contributed by atoms with Gasteiger partial charge in [0.2, 0.25) is 6.29 Å². The zero-order chi connectivity index (χ0) is 15.0. The number of benzene rings is 1. The van der Waals surface area contributed by atoms with Crippen LogP contribution in [0.15, 0.2) is 36.4 Å². The van der Waals surface area contributed by atoms with Gasteiger partial charge in [-0.3, -0.25) is 9.59 Å². The zero-order valence-corrected chi connectivity index (χ0v) is 11.2. The summed E-state index contributed by atoms with van der Waals surface area (Å²) in [7, 11) is 0. The average molecular weight is 274 g/mol. The molecule has 6 heteroatoms. The number of carbonyl (C=O) groups is 2. The van der Waals surface area contributed by atoms with Crippen molar-refractivity contribution in [1.29, 1.82) is 0 Å². The smallest absolute Gasteiger partial charge is 0.333 e. The first kappa shape index (κ1) is 15.4. The Kier molecular flexibility index (Phi) is 5.96. The monoisotopic (exact) mass is 274 g/mol. The summed E-state index contributed by atoms with van der Waals surface area (Å²) in [5.74, 6) is -0.516. The van der Waals surface area contributed by atoms with Gasteiger partial charge >= 0.3 is 6.03 Å². The lowest BCUT2D eigenvalue weighted by molar-refractivity contribution is -0.136. The molecule has 0 aromatic heterocycles. The van der Waals surface area contributed by atoms with Gasteiger partial charge in [0.25, 0.3) is 5.91 Å². The van der Waals surface area contributed by atoms with E-state index < -0.39 is 11.9 Å². The average Bonchev–Trinajstić information content (AvgIpc) is 2.45. The largest absolute Gasteiger partial charge is 0.350 e. The van der Waals surface area contributed by atoms with E-state index in [0.29, 0.717) is 0 Å². The highest BCUT2D eigenvalue weighted by Gasteiger charge is 2.21. The number of primary amides is 1. The maximum absolute atomic E-state index is 12.0. The predicted molar refractivity (Wildman–Crippen MR) is 74.8 cm³/mol. The van der Waals surface area contributed by atoms with Gasteiger partial charge < -0.3 is 5.73 Å². The molecule has 0 saturated carbocycles. The number of rotatable bonds is 5. The molecule has 1 rings (SSSR count). The lowest BCUT2D eigenvalue weighted by Crippen LogP contribution is -2.52. The van der Waals surface area contributed by atoms with Crippen LogP contribution in [0.1, 0.15) is 12.5 Å². The third kappa shape index (κ3) is 4.24. The third-order valence-corrected chi connectivity index (χ3v) is 2.53. The first-order valence-electron chi connectivity index (χ1n) is 6.06. The molecule has 0 aliphatic heterocycles. The van der Waals surface area contributed by atoms with Crippen molar-refractivity contribution in [3.63, 3.8) is 0 Å². The summed E-state index contributed by atoms with van der Waals surface area (Å²) in [6.45, 7) is 1.48. The van der Waals surface area contributed by atoms with Gasteiger partial charge in [-0.05, 0) is 18.6 Å².